The van der Waals surface area contributed by atoms with Gasteiger partial charge >= 0.3 is 0 Å². The molecule has 0 radical (unpaired) electrons. The molecule has 0 bridgehead atoms. The summed E-state index contributed by atoms with van der Waals surface area (Å²) < 4.78 is 31.4. The lowest BCUT2D eigenvalue weighted by Gasteiger charge is -2.38. The predicted octanol–water partition coefficient (Wildman–Crippen LogP) is 2.00. The minimum atomic E-state index is -3.16. The van der Waals surface area contributed by atoms with E-state index in [2.05, 4.69) is 14.6 Å². The van der Waals surface area contributed by atoms with Crippen molar-refractivity contribution >= 4 is 48.4 Å². The van der Waals surface area contributed by atoms with Crippen molar-refractivity contribution in [3.8, 4) is 5.75 Å². The molecule has 0 amide bonds. The summed E-state index contributed by atoms with van der Waals surface area (Å²) in [6, 6.07) is 5.66. The maximum atomic E-state index is 12.2. The number of benzene rings is 1. The maximum Gasteiger partial charge on any atom is 0.266 e. The van der Waals surface area contributed by atoms with Crippen molar-refractivity contribution in [2.24, 2.45) is 0 Å². The lowest BCUT2D eigenvalue weighted by molar-refractivity contribution is 0.159. The zero-order chi connectivity index (χ0) is 19.9. The number of hydrogen-bond acceptors (Lipinski definition) is 6. The standard InChI is InChI=1S/C19H21N3O4S2/c1-26-16-6-5-15-17(14-7-9-27-18(14)19(23)20-15)13(16)4-3-8-22-10-12(11-22)21-28(2,24)25/h3-7,9,12,21H,8,10-11H2,1-2H3,(H,20,23)/b4-3+. The molecule has 7 nitrogen and oxygen atoms in total. The summed E-state index contributed by atoms with van der Waals surface area (Å²) in [6.45, 7) is 2.08. The Morgan fingerprint density at radius 2 is 2.14 bits per heavy atom. The first kappa shape index (κ1) is 19.1. The number of nitrogens with zero attached hydrogens (tertiary/aromatic N) is 1. The molecule has 0 atom stereocenters. The van der Waals surface area contributed by atoms with Gasteiger partial charge in [-0.05, 0) is 23.6 Å². The van der Waals surface area contributed by atoms with E-state index in [1.165, 1.54) is 17.6 Å². The van der Waals surface area contributed by atoms with Gasteiger partial charge in [-0.2, -0.15) is 0 Å². The molecule has 3 heterocycles. The molecule has 0 unspecified atom stereocenters. The first-order chi connectivity index (χ1) is 13.4. The summed E-state index contributed by atoms with van der Waals surface area (Å²) in [4.78, 5) is 17.4. The Balaban J connectivity index is 1.61. The van der Waals surface area contributed by atoms with Gasteiger partial charge in [0.25, 0.3) is 5.56 Å². The Kier molecular flexibility index (Phi) is 5.00. The number of hydrogen-bond donors (Lipinski definition) is 2. The van der Waals surface area contributed by atoms with E-state index in [-0.39, 0.29) is 11.6 Å². The van der Waals surface area contributed by atoms with Gasteiger partial charge in [0.2, 0.25) is 10.0 Å². The summed E-state index contributed by atoms with van der Waals surface area (Å²) in [5.74, 6) is 0.739. The van der Waals surface area contributed by atoms with Crippen LogP contribution in [0.1, 0.15) is 5.56 Å². The number of thiophene rings is 1. The highest BCUT2D eigenvalue weighted by atomic mass is 32.2. The quantitative estimate of drug-likeness (QED) is 0.638. The normalized spacial score (nSPS) is 16.2. The zero-order valence-electron chi connectivity index (χ0n) is 15.6. The van der Waals surface area contributed by atoms with Crippen molar-refractivity contribution in [1.82, 2.24) is 14.6 Å². The van der Waals surface area contributed by atoms with Crippen LogP contribution in [0.2, 0.25) is 0 Å². The van der Waals surface area contributed by atoms with E-state index in [1.807, 2.05) is 35.7 Å². The third-order valence-electron chi connectivity index (χ3n) is 4.80. The topological polar surface area (TPSA) is 91.5 Å². The Morgan fingerprint density at radius 1 is 1.36 bits per heavy atom. The highest BCUT2D eigenvalue weighted by Gasteiger charge is 2.27. The van der Waals surface area contributed by atoms with Crippen LogP contribution >= 0.6 is 11.3 Å². The smallest absolute Gasteiger partial charge is 0.266 e. The highest BCUT2D eigenvalue weighted by molar-refractivity contribution is 7.88. The molecule has 4 rings (SSSR count). The SMILES string of the molecule is COc1ccc2[nH]c(=O)c3sccc3c2c1/C=C/CN1CC(NS(C)(=O)=O)C1. The van der Waals surface area contributed by atoms with Crippen molar-refractivity contribution in [2.75, 3.05) is 33.0 Å². The van der Waals surface area contributed by atoms with Gasteiger partial charge in [-0.3, -0.25) is 9.69 Å². The molecule has 0 spiro atoms. The van der Waals surface area contributed by atoms with Gasteiger partial charge in [0.05, 0.1) is 13.4 Å². The van der Waals surface area contributed by atoms with E-state index in [0.717, 1.165) is 27.6 Å². The Morgan fingerprint density at radius 3 is 2.86 bits per heavy atom. The van der Waals surface area contributed by atoms with E-state index < -0.39 is 10.0 Å². The fourth-order valence-electron chi connectivity index (χ4n) is 3.62. The number of ether oxygens (including phenoxy) is 1. The van der Waals surface area contributed by atoms with Crippen LogP contribution in [0.25, 0.3) is 27.1 Å². The number of rotatable bonds is 6. The molecule has 148 valence electrons. The molecule has 0 aliphatic carbocycles. The van der Waals surface area contributed by atoms with Crippen LogP contribution < -0.4 is 15.0 Å². The summed E-state index contributed by atoms with van der Waals surface area (Å²) in [5.41, 5.74) is 1.62. The summed E-state index contributed by atoms with van der Waals surface area (Å²) >= 11 is 1.42. The number of likely N-dealkylation sites (tertiary alicyclic amines) is 1. The predicted molar refractivity (Wildman–Crippen MR) is 114 cm³/mol. The van der Waals surface area contributed by atoms with Crippen molar-refractivity contribution in [1.29, 1.82) is 0 Å². The summed E-state index contributed by atoms with van der Waals surface area (Å²) in [6.07, 6.45) is 5.23. The Hall–Kier alpha value is -2.20. The zero-order valence-corrected chi connectivity index (χ0v) is 17.2. The van der Waals surface area contributed by atoms with Crippen molar-refractivity contribution in [3.63, 3.8) is 0 Å². The molecular weight excluding hydrogens is 398 g/mol. The van der Waals surface area contributed by atoms with Crippen molar-refractivity contribution in [3.05, 3.63) is 45.6 Å². The molecular formula is C19H21N3O4S2. The largest absolute Gasteiger partial charge is 0.496 e. The van der Waals surface area contributed by atoms with Gasteiger partial charge in [-0.25, -0.2) is 13.1 Å². The number of methoxy groups -OCH3 is 1. The van der Waals surface area contributed by atoms with Gasteiger partial charge < -0.3 is 9.72 Å². The number of aromatic nitrogens is 1. The average molecular weight is 420 g/mol. The van der Waals surface area contributed by atoms with E-state index in [4.69, 9.17) is 4.74 Å². The number of fused-ring (bicyclic) bond motifs is 3. The number of H-pyrrole nitrogens is 1. The molecule has 0 saturated carbocycles. The number of aromatic amines is 1. The van der Waals surface area contributed by atoms with Crippen molar-refractivity contribution < 1.29 is 13.2 Å². The van der Waals surface area contributed by atoms with Crippen LogP contribution in [0, 0.1) is 0 Å². The molecule has 28 heavy (non-hydrogen) atoms. The number of nitrogens with one attached hydrogen (secondary N) is 2. The Labute approximate surface area is 166 Å². The third kappa shape index (κ3) is 3.70. The van der Waals surface area contributed by atoms with Gasteiger partial charge in [0.1, 0.15) is 10.4 Å². The van der Waals surface area contributed by atoms with Crippen LogP contribution in [0.3, 0.4) is 0 Å². The van der Waals surface area contributed by atoms with Gasteiger partial charge in [0.15, 0.2) is 0 Å². The molecule has 2 aromatic heterocycles. The first-order valence-electron chi connectivity index (χ1n) is 8.82. The molecule has 9 heteroatoms. The van der Waals surface area contributed by atoms with Crippen LogP contribution in [0.15, 0.2) is 34.4 Å². The number of sulfonamides is 1. The third-order valence-corrected chi connectivity index (χ3v) is 6.48. The molecule has 1 saturated heterocycles. The van der Waals surface area contributed by atoms with E-state index in [1.54, 1.807) is 7.11 Å². The molecule has 1 fully saturated rings. The van der Waals surface area contributed by atoms with Crippen LogP contribution in [0.4, 0.5) is 0 Å². The second kappa shape index (κ2) is 7.32. The van der Waals surface area contributed by atoms with Gasteiger partial charge in [0, 0.05) is 47.5 Å². The maximum absolute atomic E-state index is 12.2. The molecule has 1 aliphatic rings. The second-order valence-electron chi connectivity index (χ2n) is 6.93. The van der Waals surface area contributed by atoms with E-state index >= 15 is 0 Å². The fraction of sp³-hybridized carbons (Fsp3) is 0.316. The van der Waals surface area contributed by atoms with E-state index in [0.29, 0.717) is 24.3 Å². The van der Waals surface area contributed by atoms with Crippen LogP contribution in [-0.2, 0) is 10.0 Å². The molecule has 2 N–H and O–H groups in total. The fourth-order valence-corrected chi connectivity index (χ4v) is 5.17. The highest BCUT2D eigenvalue weighted by Crippen LogP contribution is 2.34. The lowest BCUT2D eigenvalue weighted by atomic mass is 10.0. The van der Waals surface area contributed by atoms with Gasteiger partial charge in [-0.15, -0.1) is 11.3 Å². The average Bonchev–Trinajstić information content (AvgIpc) is 3.08. The first-order valence-corrected chi connectivity index (χ1v) is 11.6. The van der Waals surface area contributed by atoms with Crippen LogP contribution in [-0.4, -0.2) is 57.3 Å². The summed E-state index contributed by atoms with van der Waals surface area (Å²) in [7, 11) is -1.53. The van der Waals surface area contributed by atoms with E-state index in [9.17, 15) is 13.2 Å². The minimum absolute atomic E-state index is 0.0222. The molecule has 1 aliphatic heterocycles. The second-order valence-corrected chi connectivity index (χ2v) is 9.63. The lowest BCUT2D eigenvalue weighted by Crippen LogP contribution is -2.58. The van der Waals surface area contributed by atoms with Crippen molar-refractivity contribution in [2.45, 2.75) is 6.04 Å². The van der Waals surface area contributed by atoms with Crippen LogP contribution in [0.5, 0.6) is 5.75 Å². The monoisotopic (exact) mass is 419 g/mol. The minimum Gasteiger partial charge on any atom is -0.496 e. The Bertz CT molecular complexity index is 1220. The number of pyridine rings is 1. The molecule has 1 aromatic carbocycles. The summed E-state index contributed by atoms with van der Waals surface area (Å²) in [5, 5.41) is 3.80. The van der Waals surface area contributed by atoms with Gasteiger partial charge in [-0.1, -0.05) is 12.2 Å². The molecule has 3 aromatic rings.